The van der Waals surface area contributed by atoms with Crippen LogP contribution in [0.15, 0.2) is 18.5 Å². The van der Waals surface area contributed by atoms with E-state index in [0.717, 1.165) is 13.1 Å². The minimum absolute atomic E-state index is 0.0189. The topological polar surface area (TPSA) is 56.7 Å². The number of aliphatic hydroxyl groups is 1. The smallest absolute Gasteiger partial charge is 0.255 e. The fourth-order valence-corrected chi connectivity index (χ4v) is 2.22. The molecule has 106 valence electrons. The second-order valence-electron chi connectivity index (χ2n) is 4.96. The number of piperazine rings is 1. The summed E-state index contributed by atoms with van der Waals surface area (Å²) in [4.78, 5) is 20.7. The van der Waals surface area contributed by atoms with E-state index in [-0.39, 0.29) is 12.5 Å². The predicted octanol–water partition coefficient (Wildman–Crippen LogP) is 0.202. The van der Waals surface area contributed by atoms with Gasteiger partial charge in [0.2, 0.25) is 0 Å². The molecular weight excluding hydrogens is 254 g/mol. The predicted molar refractivity (Wildman–Crippen MR) is 76.2 cm³/mol. The molecule has 1 atom stereocenters. The van der Waals surface area contributed by atoms with Crippen molar-refractivity contribution in [2.24, 2.45) is 0 Å². The lowest BCUT2D eigenvalue weighted by Crippen LogP contribution is -2.52. The number of aromatic nitrogens is 1. The summed E-state index contributed by atoms with van der Waals surface area (Å²) in [7, 11) is 2.07. The lowest BCUT2D eigenvalue weighted by molar-refractivity contribution is 0.0572. The molecule has 0 saturated carbocycles. The Morgan fingerprint density at radius 1 is 1.55 bits per heavy atom. The first-order valence-electron chi connectivity index (χ1n) is 6.66. The van der Waals surface area contributed by atoms with Crippen LogP contribution in [0.25, 0.3) is 0 Å². The van der Waals surface area contributed by atoms with Gasteiger partial charge in [0.05, 0.1) is 11.1 Å². The van der Waals surface area contributed by atoms with E-state index >= 15 is 0 Å². The first kappa shape index (κ1) is 14.5. The van der Waals surface area contributed by atoms with Crippen LogP contribution in [0.1, 0.15) is 22.8 Å². The summed E-state index contributed by atoms with van der Waals surface area (Å²) < 4.78 is 0. The van der Waals surface area contributed by atoms with Crippen molar-refractivity contribution in [1.82, 2.24) is 14.8 Å². The van der Waals surface area contributed by atoms with Crippen molar-refractivity contribution < 1.29 is 9.90 Å². The molecule has 2 rings (SSSR count). The van der Waals surface area contributed by atoms with Gasteiger partial charge in [0.25, 0.3) is 5.91 Å². The van der Waals surface area contributed by atoms with Gasteiger partial charge in [-0.2, -0.15) is 0 Å². The van der Waals surface area contributed by atoms with Gasteiger partial charge in [-0.25, -0.2) is 0 Å². The van der Waals surface area contributed by atoms with Crippen molar-refractivity contribution in [1.29, 1.82) is 0 Å². The normalized spacial score (nSPS) is 19.4. The Morgan fingerprint density at radius 2 is 2.35 bits per heavy atom. The van der Waals surface area contributed by atoms with E-state index in [0.29, 0.717) is 23.7 Å². The van der Waals surface area contributed by atoms with Gasteiger partial charge in [0, 0.05) is 38.1 Å². The highest BCUT2D eigenvalue weighted by Gasteiger charge is 2.26. The SMILES string of the molecule is CC1CN(C(=O)c2ccncc2C#CCO)CCN1C. The van der Waals surface area contributed by atoms with Gasteiger partial charge in [-0.1, -0.05) is 11.8 Å². The van der Waals surface area contributed by atoms with Crippen molar-refractivity contribution in [2.45, 2.75) is 13.0 Å². The fraction of sp³-hybridized carbons (Fsp3) is 0.467. The maximum Gasteiger partial charge on any atom is 0.255 e. The third-order valence-electron chi connectivity index (χ3n) is 3.60. The number of carbonyl (C=O) groups excluding carboxylic acids is 1. The Bertz CT molecular complexity index is 548. The molecule has 1 aliphatic rings. The van der Waals surface area contributed by atoms with Crippen LogP contribution in [0.2, 0.25) is 0 Å². The Labute approximate surface area is 119 Å². The molecule has 1 N–H and O–H groups in total. The first-order valence-corrected chi connectivity index (χ1v) is 6.66. The van der Waals surface area contributed by atoms with Gasteiger partial charge < -0.3 is 14.9 Å². The van der Waals surface area contributed by atoms with Crippen LogP contribution < -0.4 is 0 Å². The zero-order valence-electron chi connectivity index (χ0n) is 11.8. The summed E-state index contributed by atoms with van der Waals surface area (Å²) in [6.45, 7) is 4.18. The molecule has 0 aliphatic carbocycles. The number of rotatable bonds is 1. The quantitative estimate of drug-likeness (QED) is 0.743. The van der Waals surface area contributed by atoms with E-state index in [9.17, 15) is 4.79 Å². The highest BCUT2D eigenvalue weighted by Crippen LogP contribution is 2.14. The van der Waals surface area contributed by atoms with Crippen molar-refractivity contribution in [3.63, 3.8) is 0 Å². The van der Waals surface area contributed by atoms with Gasteiger partial charge in [-0.05, 0) is 20.0 Å². The average molecular weight is 273 g/mol. The van der Waals surface area contributed by atoms with Gasteiger partial charge in [-0.15, -0.1) is 0 Å². The molecule has 2 heterocycles. The number of likely N-dealkylation sites (N-methyl/N-ethyl adjacent to an activating group) is 1. The minimum Gasteiger partial charge on any atom is -0.384 e. The van der Waals surface area contributed by atoms with Crippen LogP contribution in [0.4, 0.5) is 0 Å². The van der Waals surface area contributed by atoms with Crippen molar-refractivity contribution in [2.75, 3.05) is 33.3 Å². The maximum absolute atomic E-state index is 12.6. The van der Waals surface area contributed by atoms with Gasteiger partial charge in [0.1, 0.15) is 6.61 Å². The molecule has 1 fully saturated rings. The number of hydrogen-bond donors (Lipinski definition) is 1. The van der Waals surface area contributed by atoms with Crippen molar-refractivity contribution in [3.8, 4) is 11.8 Å². The summed E-state index contributed by atoms with van der Waals surface area (Å²) in [6, 6.07) is 2.04. The zero-order chi connectivity index (χ0) is 14.5. The lowest BCUT2D eigenvalue weighted by Gasteiger charge is -2.37. The lowest BCUT2D eigenvalue weighted by atomic mass is 10.1. The molecule has 5 heteroatoms. The standard InChI is InChI=1S/C15H19N3O2/c1-12-11-18(8-7-17(12)2)15(20)14-5-6-16-10-13(14)4-3-9-19/h5-6,10,12,19H,7-9,11H2,1-2H3. The molecule has 1 unspecified atom stereocenters. The summed E-state index contributed by atoms with van der Waals surface area (Å²) in [5, 5.41) is 8.77. The monoisotopic (exact) mass is 273 g/mol. The largest absolute Gasteiger partial charge is 0.384 e. The van der Waals surface area contributed by atoms with Crippen LogP contribution in [-0.2, 0) is 0 Å². The van der Waals surface area contributed by atoms with E-state index in [4.69, 9.17) is 5.11 Å². The van der Waals surface area contributed by atoms with Crippen molar-refractivity contribution in [3.05, 3.63) is 29.6 Å². The van der Waals surface area contributed by atoms with E-state index in [1.165, 1.54) is 0 Å². The second kappa shape index (κ2) is 6.51. The number of aliphatic hydroxyl groups excluding tert-OH is 1. The Balaban J connectivity index is 2.21. The van der Waals surface area contributed by atoms with Crippen LogP contribution in [0.3, 0.4) is 0 Å². The second-order valence-corrected chi connectivity index (χ2v) is 4.96. The molecule has 1 amide bonds. The van der Waals surface area contributed by atoms with Crippen LogP contribution in [-0.4, -0.2) is 65.1 Å². The molecule has 0 spiro atoms. The zero-order valence-corrected chi connectivity index (χ0v) is 11.8. The Hall–Kier alpha value is -1.90. The summed E-state index contributed by atoms with van der Waals surface area (Å²) in [5.41, 5.74) is 1.12. The molecule has 1 saturated heterocycles. The molecule has 5 nitrogen and oxygen atoms in total. The summed E-state index contributed by atoms with van der Waals surface area (Å²) in [5.74, 6) is 5.33. The van der Waals surface area contributed by atoms with Crippen molar-refractivity contribution >= 4 is 5.91 Å². The first-order chi connectivity index (χ1) is 9.63. The number of hydrogen-bond acceptors (Lipinski definition) is 4. The van der Waals surface area contributed by atoms with E-state index in [1.54, 1.807) is 18.5 Å². The number of pyridine rings is 1. The third-order valence-corrected chi connectivity index (χ3v) is 3.60. The minimum atomic E-state index is -0.228. The molecule has 0 bridgehead atoms. The van der Waals surface area contributed by atoms with Crippen LogP contribution in [0, 0.1) is 11.8 Å². The third kappa shape index (κ3) is 3.16. The highest BCUT2D eigenvalue weighted by molar-refractivity contribution is 5.96. The molecule has 1 aromatic rings. The average Bonchev–Trinajstić information content (AvgIpc) is 2.47. The van der Waals surface area contributed by atoms with Gasteiger partial charge in [-0.3, -0.25) is 9.78 Å². The Morgan fingerprint density at radius 3 is 3.05 bits per heavy atom. The van der Waals surface area contributed by atoms with Gasteiger partial charge in [0.15, 0.2) is 0 Å². The molecule has 1 aromatic heterocycles. The van der Waals surface area contributed by atoms with Crippen LogP contribution >= 0.6 is 0 Å². The van der Waals surface area contributed by atoms with Crippen LogP contribution in [0.5, 0.6) is 0 Å². The Kier molecular flexibility index (Phi) is 4.72. The molecule has 20 heavy (non-hydrogen) atoms. The summed E-state index contributed by atoms with van der Waals surface area (Å²) in [6.07, 6.45) is 3.16. The number of nitrogens with zero attached hydrogens (tertiary/aromatic N) is 3. The molecule has 0 radical (unpaired) electrons. The summed E-state index contributed by atoms with van der Waals surface area (Å²) >= 11 is 0. The molecular formula is C15H19N3O2. The van der Waals surface area contributed by atoms with E-state index < -0.39 is 0 Å². The fourth-order valence-electron chi connectivity index (χ4n) is 2.22. The molecule has 1 aliphatic heterocycles. The van der Waals surface area contributed by atoms with E-state index in [1.807, 2.05) is 4.90 Å². The molecule has 0 aromatic carbocycles. The maximum atomic E-state index is 12.6. The number of carbonyl (C=O) groups is 1. The van der Waals surface area contributed by atoms with Gasteiger partial charge >= 0.3 is 0 Å². The highest BCUT2D eigenvalue weighted by atomic mass is 16.2. The number of amides is 1. The van der Waals surface area contributed by atoms with E-state index in [2.05, 4.69) is 35.7 Å².